The lowest BCUT2D eigenvalue weighted by Crippen LogP contribution is -2.46. The highest BCUT2D eigenvalue weighted by Crippen LogP contribution is 2.36. The molecule has 0 saturated heterocycles. The van der Waals surface area contributed by atoms with Crippen LogP contribution in [0.1, 0.15) is 59.4 Å². The molecule has 210 valence electrons. The highest BCUT2D eigenvalue weighted by molar-refractivity contribution is 5.68. The molecule has 3 rings (SSSR count). The number of para-hydroxylation sites is 2. The molecule has 2 aromatic rings. The van der Waals surface area contributed by atoms with Crippen molar-refractivity contribution in [3.8, 4) is 17.2 Å². The van der Waals surface area contributed by atoms with Crippen LogP contribution in [0.4, 0.5) is 10.5 Å². The van der Waals surface area contributed by atoms with Crippen molar-refractivity contribution < 1.29 is 23.7 Å². The minimum Gasteiger partial charge on any atom is -0.495 e. The molecule has 1 aliphatic carbocycles. The van der Waals surface area contributed by atoms with Gasteiger partial charge in [0.2, 0.25) is 0 Å². The molecule has 7 nitrogen and oxygen atoms in total. The second-order valence-corrected chi connectivity index (χ2v) is 10.8. The fraction of sp³-hybridized carbons (Fsp3) is 0.581. The zero-order chi connectivity index (χ0) is 27.7. The molecule has 0 spiro atoms. The smallest absolute Gasteiger partial charge is 0.410 e. The Morgan fingerprint density at radius 2 is 1.76 bits per heavy atom. The minimum absolute atomic E-state index is 0.0721. The van der Waals surface area contributed by atoms with Gasteiger partial charge in [-0.2, -0.15) is 0 Å². The Morgan fingerprint density at radius 3 is 2.39 bits per heavy atom. The molecule has 38 heavy (non-hydrogen) atoms. The summed E-state index contributed by atoms with van der Waals surface area (Å²) < 4.78 is 23.3. The minimum atomic E-state index is -0.287. The molecule has 4 atom stereocenters. The summed E-state index contributed by atoms with van der Waals surface area (Å²) in [6, 6.07) is 13.2. The Hall–Kier alpha value is -3.09. The van der Waals surface area contributed by atoms with E-state index in [2.05, 4.69) is 20.8 Å². The third-order valence-corrected chi connectivity index (χ3v) is 7.54. The van der Waals surface area contributed by atoms with Crippen LogP contribution in [-0.2, 0) is 11.2 Å². The van der Waals surface area contributed by atoms with Gasteiger partial charge in [-0.15, -0.1) is 0 Å². The zero-order valence-electron chi connectivity index (χ0n) is 23.9. The summed E-state index contributed by atoms with van der Waals surface area (Å²) in [5, 5.41) is 0. The van der Waals surface area contributed by atoms with Crippen molar-refractivity contribution in [3.63, 3.8) is 0 Å². The number of amides is 1. The maximum atomic E-state index is 13.7. The number of nitrogens with two attached hydrogens (primary N) is 1. The molecule has 1 saturated carbocycles. The summed E-state index contributed by atoms with van der Waals surface area (Å²) in [5.41, 5.74) is 7.76. The van der Waals surface area contributed by atoms with Gasteiger partial charge < -0.3 is 29.6 Å². The molecule has 7 heteroatoms. The van der Waals surface area contributed by atoms with E-state index < -0.39 is 0 Å². The van der Waals surface area contributed by atoms with Gasteiger partial charge in [0.1, 0.15) is 18.5 Å². The number of nitrogens with zero attached hydrogens (tertiary/aromatic N) is 1. The van der Waals surface area contributed by atoms with Gasteiger partial charge in [-0.25, -0.2) is 4.79 Å². The summed E-state index contributed by atoms with van der Waals surface area (Å²) in [6.45, 7) is 11.9. The molecule has 0 heterocycles. The van der Waals surface area contributed by atoms with E-state index in [1.54, 1.807) is 12.0 Å². The Morgan fingerprint density at radius 1 is 1.05 bits per heavy atom. The molecular formula is C31H46N2O5. The van der Waals surface area contributed by atoms with Crippen molar-refractivity contribution in [2.45, 2.75) is 72.4 Å². The maximum Gasteiger partial charge on any atom is 0.410 e. The summed E-state index contributed by atoms with van der Waals surface area (Å²) in [6.07, 6.45) is 3.46. The second-order valence-electron chi connectivity index (χ2n) is 10.8. The van der Waals surface area contributed by atoms with Gasteiger partial charge in [0.15, 0.2) is 11.5 Å². The first-order valence-electron chi connectivity index (χ1n) is 14.0. The Kier molecular flexibility index (Phi) is 11.0. The van der Waals surface area contributed by atoms with Crippen LogP contribution in [0.2, 0.25) is 0 Å². The number of nitrogen functional groups attached to an aromatic ring is 1. The molecule has 2 N–H and O–H groups in total. The van der Waals surface area contributed by atoms with Crippen LogP contribution in [0, 0.1) is 17.8 Å². The Bertz CT molecular complexity index is 1030. The third-order valence-electron chi connectivity index (χ3n) is 7.54. The summed E-state index contributed by atoms with van der Waals surface area (Å²) in [5.74, 6) is 3.40. The topological polar surface area (TPSA) is 83.2 Å². The number of hydrogen-bond donors (Lipinski definition) is 1. The van der Waals surface area contributed by atoms with Gasteiger partial charge in [-0.1, -0.05) is 45.4 Å². The van der Waals surface area contributed by atoms with E-state index in [9.17, 15) is 4.79 Å². The van der Waals surface area contributed by atoms with Gasteiger partial charge in [0, 0.05) is 6.04 Å². The van der Waals surface area contributed by atoms with Crippen LogP contribution >= 0.6 is 0 Å². The largest absolute Gasteiger partial charge is 0.495 e. The first-order chi connectivity index (χ1) is 18.2. The van der Waals surface area contributed by atoms with E-state index in [1.165, 1.54) is 6.42 Å². The molecule has 0 unspecified atom stereocenters. The molecule has 0 radical (unpaired) electrons. The number of carbonyl (C=O) groups excluding carboxylic acids is 1. The quantitative estimate of drug-likeness (QED) is 0.314. The van der Waals surface area contributed by atoms with Crippen molar-refractivity contribution in [1.29, 1.82) is 0 Å². The average Bonchev–Trinajstić information content (AvgIpc) is 2.87. The van der Waals surface area contributed by atoms with Crippen LogP contribution in [0.15, 0.2) is 42.5 Å². The lowest BCUT2D eigenvalue weighted by molar-refractivity contribution is -0.0160. The molecule has 0 aliphatic heterocycles. The van der Waals surface area contributed by atoms with E-state index in [0.29, 0.717) is 66.9 Å². The van der Waals surface area contributed by atoms with E-state index in [1.807, 2.05) is 56.3 Å². The van der Waals surface area contributed by atoms with Crippen molar-refractivity contribution in [3.05, 3.63) is 48.0 Å². The SMILES string of the molecule is CCOc1ccccc1OCCN(C(=O)O[C@@H]1C[C@H](C)CC[C@H]1C(C)C)[C@H](C)Cc1ccc(OC)c(N)c1. The highest BCUT2D eigenvalue weighted by atomic mass is 16.6. The van der Waals surface area contributed by atoms with Crippen molar-refractivity contribution >= 4 is 11.8 Å². The van der Waals surface area contributed by atoms with Crippen LogP contribution < -0.4 is 19.9 Å². The Labute approximate surface area is 228 Å². The first kappa shape index (κ1) is 29.5. The van der Waals surface area contributed by atoms with Crippen LogP contribution in [0.5, 0.6) is 17.2 Å². The third kappa shape index (κ3) is 7.95. The predicted molar refractivity (Wildman–Crippen MR) is 152 cm³/mol. The summed E-state index contributed by atoms with van der Waals surface area (Å²) in [7, 11) is 1.60. The van der Waals surface area contributed by atoms with Crippen LogP contribution in [0.3, 0.4) is 0 Å². The van der Waals surface area contributed by atoms with Gasteiger partial charge >= 0.3 is 6.09 Å². The number of hydrogen-bond acceptors (Lipinski definition) is 6. The van der Waals surface area contributed by atoms with E-state index >= 15 is 0 Å². The second kappa shape index (κ2) is 14.2. The molecule has 0 bridgehead atoms. The fourth-order valence-corrected chi connectivity index (χ4v) is 5.40. The van der Waals surface area contributed by atoms with Crippen molar-refractivity contribution in [2.24, 2.45) is 17.8 Å². The molecule has 1 fully saturated rings. The van der Waals surface area contributed by atoms with E-state index in [0.717, 1.165) is 18.4 Å². The highest BCUT2D eigenvalue weighted by Gasteiger charge is 2.35. The number of ether oxygens (including phenoxy) is 4. The number of rotatable bonds is 12. The first-order valence-corrected chi connectivity index (χ1v) is 14.0. The molecular weight excluding hydrogens is 480 g/mol. The van der Waals surface area contributed by atoms with Crippen molar-refractivity contribution in [2.75, 3.05) is 32.6 Å². The van der Waals surface area contributed by atoms with E-state index in [4.69, 9.17) is 24.7 Å². The molecule has 0 aromatic heterocycles. The molecule has 1 aliphatic rings. The lowest BCUT2D eigenvalue weighted by atomic mass is 9.75. The number of benzene rings is 2. The number of methoxy groups -OCH3 is 1. The molecule has 1 amide bonds. The maximum absolute atomic E-state index is 13.7. The van der Waals surface area contributed by atoms with Gasteiger partial charge in [-0.05, 0) is 80.7 Å². The zero-order valence-corrected chi connectivity index (χ0v) is 23.9. The monoisotopic (exact) mass is 526 g/mol. The Balaban J connectivity index is 1.75. The predicted octanol–water partition coefficient (Wildman–Crippen LogP) is 6.59. The van der Waals surface area contributed by atoms with Crippen LogP contribution in [0.25, 0.3) is 0 Å². The van der Waals surface area contributed by atoms with E-state index in [-0.39, 0.29) is 18.2 Å². The number of carbonyl (C=O) groups is 1. The summed E-state index contributed by atoms with van der Waals surface area (Å²) in [4.78, 5) is 15.5. The van der Waals surface area contributed by atoms with Gasteiger partial charge in [0.25, 0.3) is 0 Å². The average molecular weight is 527 g/mol. The van der Waals surface area contributed by atoms with Gasteiger partial charge in [-0.3, -0.25) is 0 Å². The summed E-state index contributed by atoms with van der Waals surface area (Å²) >= 11 is 0. The van der Waals surface area contributed by atoms with Crippen molar-refractivity contribution in [1.82, 2.24) is 4.90 Å². The lowest BCUT2D eigenvalue weighted by Gasteiger charge is -2.38. The van der Waals surface area contributed by atoms with Crippen LogP contribution in [-0.4, -0.2) is 50.0 Å². The van der Waals surface area contributed by atoms with Gasteiger partial charge in [0.05, 0.1) is 25.9 Å². The molecule has 2 aromatic carbocycles. The number of anilines is 1. The normalized spacial score (nSPS) is 20.0. The fourth-order valence-electron chi connectivity index (χ4n) is 5.40. The standard InChI is InChI=1S/C31H46N2O5/c1-7-36-28-10-8-9-11-29(28)37-17-16-33(23(5)19-24-13-15-27(35-6)26(32)20-24)31(34)38-30-18-22(4)12-14-25(30)21(2)3/h8-11,13,15,20-23,25,30H,7,12,14,16-19,32H2,1-6H3/t22-,23-,25+,30-/m1/s1.